The molecule has 0 saturated heterocycles. The highest BCUT2D eigenvalue weighted by atomic mass is 32.1. The molecule has 1 atom stereocenters. The molecule has 1 unspecified atom stereocenters. The Labute approximate surface area is 91.3 Å². The van der Waals surface area contributed by atoms with E-state index in [1.54, 1.807) is 19.1 Å². The highest BCUT2D eigenvalue weighted by Gasteiger charge is 2.15. The predicted octanol–water partition coefficient (Wildman–Crippen LogP) is 2.54. The Morgan fingerprint density at radius 1 is 1.73 bits per heavy atom. The van der Waals surface area contributed by atoms with E-state index in [-0.39, 0.29) is 12.0 Å². The first-order valence-electron chi connectivity index (χ1n) is 4.52. The van der Waals surface area contributed by atoms with Gasteiger partial charge in [-0.25, -0.2) is 4.79 Å². The summed E-state index contributed by atoms with van der Waals surface area (Å²) in [7, 11) is 0. The van der Waals surface area contributed by atoms with Gasteiger partial charge in [-0.15, -0.1) is 11.3 Å². The molecular formula is C9H12N3O2S+. The van der Waals surface area contributed by atoms with Gasteiger partial charge in [-0.2, -0.15) is 0 Å². The second-order valence-corrected chi connectivity index (χ2v) is 3.93. The van der Waals surface area contributed by atoms with Crippen molar-refractivity contribution in [1.29, 1.82) is 5.53 Å². The van der Waals surface area contributed by atoms with Gasteiger partial charge >= 0.3 is 5.97 Å². The lowest BCUT2D eigenvalue weighted by molar-refractivity contribution is 0.0532. The highest BCUT2D eigenvalue weighted by Crippen LogP contribution is 2.25. The zero-order chi connectivity index (χ0) is 11.3. The first-order valence-corrected chi connectivity index (χ1v) is 5.34. The van der Waals surface area contributed by atoms with Gasteiger partial charge in [-0.3, -0.25) is 0 Å². The van der Waals surface area contributed by atoms with Crippen molar-refractivity contribution in [3.63, 3.8) is 0 Å². The molecule has 0 saturated carbocycles. The number of ether oxygens (including phenoxy) is 1. The lowest BCUT2D eigenvalue weighted by atomic mass is 10.3. The number of nitrogens with zero attached hydrogens (tertiary/aromatic N) is 2. The lowest BCUT2D eigenvalue weighted by Gasteiger charge is -1.96. The van der Waals surface area contributed by atoms with E-state index >= 15 is 0 Å². The average molecular weight is 226 g/mol. The van der Waals surface area contributed by atoms with Crippen LogP contribution in [0.2, 0.25) is 0 Å². The van der Waals surface area contributed by atoms with Crippen molar-refractivity contribution in [2.45, 2.75) is 19.9 Å². The van der Waals surface area contributed by atoms with Crippen LogP contribution in [-0.2, 0) is 4.74 Å². The van der Waals surface area contributed by atoms with Crippen LogP contribution in [0.25, 0.3) is 0 Å². The lowest BCUT2D eigenvalue weighted by Crippen LogP contribution is -2.01. The molecule has 0 aliphatic heterocycles. The number of carbonyl (C=O) groups excluding carboxylic acids is 1. The number of carbonyl (C=O) groups is 1. The highest BCUT2D eigenvalue weighted by molar-refractivity contribution is 7.14. The standard InChI is InChI=1S/C9H12N3O2S/c1-3-14-9(13)8-5-4-7(15-8)6(2)11-12-10/h4-6,10H,3H2,1-2H3/q+1. The Balaban J connectivity index is 2.80. The zero-order valence-corrected chi connectivity index (χ0v) is 9.37. The largest absolute Gasteiger partial charge is 0.462 e. The molecule has 1 heterocycles. The molecule has 0 aromatic carbocycles. The van der Waals surface area contributed by atoms with E-state index in [0.29, 0.717) is 11.5 Å². The molecule has 0 fully saturated rings. The van der Waals surface area contributed by atoms with E-state index in [2.05, 4.69) is 10.0 Å². The van der Waals surface area contributed by atoms with Gasteiger partial charge in [0.15, 0.2) is 6.04 Å². The second kappa shape index (κ2) is 5.38. The molecule has 1 N–H and O–H groups in total. The molecule has 5 nitrogen and oxygen atoms in total. The number of thiophene rings is 1. The van der Waals surface area contributed by atoms with Crippen molar-refractivity contribution in [2.75, 3.05) is 6.61 Å². The number of esters is 1. The molecule has 0 radical (unpaired) electrons. The van der Waals surface area contributed by atoms with Gasteiger partial charge < -0.3 is 4.74 Å². The summed E-state index contributed by atoms with van der Waals surface area (Å²) in [5, 5.41) is 3.66. The van der Waals surface area contributed by atoms with E-state index in [1.807, 2.05) is 6.92 Å². The van der Waals surface area contributed by atoms with E-state index in [0.717, 1.165) is 4.88 Å². The Bertz CT molecular complexity index is 396. The third kappa shape index (κ3) is 2.97. The molecule has 6 heteroatoms. The molecule has 0 bridgehead atoms. The normalized spacial score (nSPS) is 11.6. The van der Waals surface area contributed by atoms with Crippen LogP contribution >= 0.6 is 11.3 Å². The van der Waals surface area contributed by atoms with Crippen LogP contribution in [0.4, 0.5) is 0 Å². The Morgan fingerprint density at radius 3 is 3.07 bits per heavy atom. The maximum atomic E-state index is 11.3. The summed E-state index contributed by atoms with van der Waals surface area (Å²) >= 11 is 1.32. The maximum absolute atomic E-state index is 11.3. The topological polar surface area (TPSA) is 76.6 Å². The SMILES string of the molecule is CCOC(=O)c1ccc(C(C)N=[N+]=N)s1. The molecular weight excluding hydrogens is 214 g/mol. The molecule has 0 amide bonds. The summed E-state index contributed by atoms with van der Waals surface area (Å²) in [6.45, 7) is 3.95. The van der Waals surface area contributed by atoms with E-state index < -0.39 is 0 Å². The number of nitrogens with one attached hydrogen (secondary N) is 1. The minimum Gasteiger partial charge on any atom is -0.462 e. The van der Waals surface area contributed by atoms with Gasteiger partial charge in [0.1, 0.15) is 15.5 Å². The Morgan fingerprint density at radius 2 is 2.47 bits per heavy atom. The molecule has 15 heavy (non-hydrogen) atoms. The smallest absolute Gasteiger partial charge is 0.348 e. The molecule has 1 rings (SSSR count). The average Bonchev–Trinajstić information content (AvgIpc) is 2.67. The third-order valence-electron chi connectivity index (χ3n) is 1.75. The van der Waals surface area contributed by atoms with Crippen LogP contribution in [0, 0.1) is 5.53 Å². The Kier molecular flexibility index (Phi) is 4.15. The van der Waals surface area contributed by atoms with E-state index in [4.69, 9.17) is 10.3 Å². The molecule has 1 aromatic heterocycles. The van der Waals surface area contributed by atoms with Gasteiger partial charge in [0.2, 0.25) is 4.91 Å². The second-order valence-electron chi connectivity index (χ2n) is 2.81. The quantitative estimate of drug-likeness (QED) is 0.486. The van der Waals surface area contributed by atoms with Crippen LogP contribution < -0.4 is 4.91 Å². The minimum absolute atomic E-state index is 0.185. The fourth-order valence-electron chi connectivity index (χ4n) is 1.03. The van der Waals surface area contributed by atoms with Crippen molar-refractivity contribution < 1.29 is 9.53 Å². The van der Waals surface area contributed by atoms with Crippen LogP contribution in [0.15, 0.2) is 17.2 Å². The molecule has 0 aliphatic carbocycles. The van der Waals surface area contributed by atoms with Crippen LogP contribution in [0.1, 0.15) is 34.4 Å². The summed E-state index contributed by atoms with van der Waals surface area (Å²) < 4.78 is 4.86. The number of rotatable bonds is 4. The van der Waals surface area contributed by atoms with Crippen molar-refractivity contribution in [1.82, 2.24) is 4.91 Å². The van der Waals surface area contributed by atoms with Gasteiger partial charge in [-0.05, 0) is 26.0 Å². The monoisotopic (exact) mass is 226 g/mol. The maximum Gasteiger partial charge on any atom is 0.348 e. The van der Waals surface area contributed by atoms with Gasteiger partial charge in [0.05, 0.1) is 6.61 Å². The van der Waals surface area contributed by atoms with Crippen LogP contribution in [0.5, 0.6) is 0 Å². The van der Waals surface area contributed by atoms with Crippen molar-refractivity contribution in [2.24, 2.45) is 5.11 Å². The molecule has 1 aromatic rings. The first-order chi connectivity index (χ1) is 7.19. The number of hydrogen-bond donors (Lipinski definition) is 1. The van der Waals surface area contributed by atoms with Crippen LogP contribution in [-0.4, -0.2) is 12.6 Å². The summed E-state index contributed by atoms with van der Waals surface area (Å²) in [6, 6.07) is 3.32. The van der Waals surface area contributed by atoms with Gasteiger partial charge in [0, 0.05) is 4.88 Å². The van der Waals surface area contributed by atoms with Crippen LogP contribution in [0.3, 0.4) is 0 Å². The number of hydrogen-bond acceptors (Lipinski definition) is 5. The Hall–Kier alpha value is -1.52. The summed E-state index contributed by atoms with van der Waals surface area (Å²) in [5.41, 5.74) is 6.61. The molecule has 80 valence electrons. The zero-order valence-electron chi connectivity index (χ0n) is 8.56. The fraction of sp³-hybridized carbons (Fsp3) is 0.444. The van der Waals surface area contributed by atoms with E-state index in [1.165, 1.54) is 11.3 Å². The van der Waals surface area contributed by atoms with Crippen molar-refractivity contribution >= 4 is 17.3 Å². The van der Waals surface area contributed by atoms with Gasteiger partial charge in [-0.1, -0.05) is 0 Å². The van der Waals surface area contributed by atoms with Crippen molar-refractivity contribution in [3.05, 3.63) is 21.9 Å². The molecule has 0 spiro atoms. The summed E-state index contributed by atoms with van der Waals surface area (Å²) in [6.07, 6.45) is 0. The van der Waals surface area contributed by atoms with E-state index in [9.17, 15) is 4.79 Å². The first kappa shape index (κ1) is 11.6. The summed E-state index contributed by atoms with van der Waals surface area (Å²) in [5.74, 6) is -0.316. The predicted molar refractivity (Wildman–Crippen MR) is 56.0 cm³/mol. The van der Waals surface area contributed by atoms with Gasteiger partial charge in [0.25, 0.3) is 0 Å². The fourth-order valence-corrected chi connectivity index (χ4v) is 1.92. The molecule has 0 aliphatic rings. The summed E-state index contributed by atoms with van der Waals surface area (Å²) in [4.78, 5) is 15.8. The minimum atomic E-state index is -0.316. The van der Waals surface area contributed by atoms with Crippen molar-refractivity contribution in [3.8, 4) is 0 Å². The third-order valence-corrected chi connectivity index (χ3v) is 2.98.